The summed E-state index contributed by atoms with van der Waals surface area (Å²) in [7, 11) is -2.03. The highest BCUT2D eigenvalue weighted by molar-refractivity contribution is 7.92. The molecule has 19 heavy (non-hydrogen) atoms. The molecule has 4 N–H and O–H groups in total. The zero-order valence-corrected chi connectivity index (χ0v) is 11.3. The van der Waals surface area contributed by atoms with Gasteiger partial charge in [-0.1, -0.05) is 0 Å². The van der Waals surface area contributed by atoms with Crippen molar-refractivity contribution in [2.45, 2.75) is 11.8 Å². The molecule has 0 unspecified atom stereocenters. The summed E-state index contributed by atoms with van der Waals surface area (Å²) < 4.78 is 28.1. The van der Waals surface area contributed by atoms with E-state index >= 15 is 0 Å². The van der Waals surface area contributed by atoms with Crippen LogP contribution in [0.25, 0.3) is 0 Å². The largest absolute Gasteiger partial charge is 0.308 e. The number of nitrogens with zero attached hydrogens (tertiary/aromatic N) is 3. The maximum Gasteiger partial charge on any atom is 0.264 e. The van der Waals surface area contributed by atoms with Gasteiger partial charge in [-0.2, -0.15) is 5.10 Å². The standard InChI is InChI=1S/C10H14N6O2S/c1-7-5-10(16(2)14-7)15-19(17,18)8-3-4-9(13-11)12-6-8/h3-6,15H,11H2,1-2H3,(H,12,13). The van der Waals surface area contributed by atoms with E-state index in [1.807, 2.05) is 0 Å². The van der Waals surface area contributed by atoms with Gasteiger partial charge in [-0.3, -0.25) is 9.40 Å². The molecule has 0 radical (unpaired) electrons. The number of anilines is 2. The van der Waals surface area contributed by atoms with Crippen LogP contribution in [0.15, 0.2) is 29.3 Å². The molecule has 2 rings (SSSR count). The molecule has 0 atom stereocenters. The van der Waals surface area contributed by atoms with E-state index in [9.17, 15) is 8.42 Å². The Morgan fingerprint density at radius 2 is 2.11 bits per heavy atom. The minimum atomic E-state index is -3.69. The van der Waals surface area contributed by atoms with Crippen molar-refractivity contribution in [1.82, 2.24) is 14.8 Å². The van der Waals surface area contributed by atoms with Gasteiger partial charge in [-0.05, 0) is 19.1 Å². The first-order valence-electron chi connectivity index (χ1n) is 5.38. The second-order valence-corrected chi connectivity index (χ2v) is 5.61. The van der Waals surface area contributed by atoms with E-state index in [1.165, 1.54) is 23.0 Å². The molecule has 2 heterocycles. The van der Waals surface area contributed by atoms with Crippen LogP contribution < -0.4 is 16.0 Å². The average Bonchev–Trinajstić information content (AvgIpc) is 2.67. The van der Waals surface area contributed by atoms with E-state index in [0.717, 1.165) is 5.69 Å². The average molecular weight is 282 g/mol. The summed E-state index contributed by atoms with van der Waals surface area (Å²) in [6.45, 7) is 1.78. The van der Waals surface area contributed by atoms with Crippen molar-refractivity contribution in [3.8, 4) is 0 Å². The van der Waals surface area contributed by atoms with Crippen LogP contribution in [0.1, 0.15) is 5.69 Å². The number of aromatic nitrogens is 3. The quantitative estimate of drug-likeness (QED) is 0.545. The number of rotatable bonds is 4. The Balaban J connectivity index is 2.29. The molecule has 0 aromatic carbocycles. The Morgan fingerprint density at radius 1 is 1.37 bits per heavy atom. The zero-order chi connectivity index (χ0) is 14.0. The minimum absolute atomic E-state index is 0.0466. The summed E-state index contributed by atoms with van der Waals surface area (Å²) in [6.07, 6.45) is 1.22. The molecule has 0 aliphatic carbocycles. The van der Waals surface area contributed by atoms with Gasteiger partial charge in [0.25, 0.3) is 10.0 Å². The summed E-state index contributed by atoms with van der Waals surface area (Å²) in [4.78, 5) is 3.90. The monoisotopic (exact) mass is 282 g/mol. The number of hydrogen-bond acceptors (Lipinski definition) is 6. The molecule has 0 aliphatic rings. The van der Waals surface area contributed by atoms with Crippen molar-refractivity contribution in [2.24, 2.45) is 12.9 Å². The number of nitrogen functional groups attached to an aromatic ring is 1. The predicted octanol–water partition coefficient (Wildman–Crippen LogP) is 0.210. The molecule has 0 amide bonds. The van der Waals surface area contributed by atoms with Gasteiger partial charge in [-0.15, -0.1) is 0 Å². The number of nitrogens with one attached hydrogen (secondary N) is 2. The van der Waals surface area contributed by atoms with Gasteiger partial charge < -0.3 is 5.43 Å². The molecule has 9 heteroatoms. The van der Waals surface area contributed by atoms with Gasteiger partial charge >= 0.3 is 0 Å². The van der Waals surface area contributed by atoms with E-state index in [-0.39, 0.29) is 4.90 Å². The Labute approximate surface area is 110 Å². The van der Waals surface area contributed by atoms with Crippen molar-refractivity contribution in [3.63, 3.8) is 0 Å². The minimum Gasteiger partial charge on any atom is -0.308 e. The number of nitrogens with two attached hydrogens (primary N) is 1. The molecular formula is C10H14N6O2S. The van der Waals surface area contributed by atoms with Gasteiger partial charge in [0.2, 0.25) is 0 Å². The molecule has 102 valence electrons. The molecule has 0 saturated carbocycles. The number of sulfonamides is 1. The van der Waals surface area contributed by atoms with E-state index in [1.54, 1.807) is 20.0 Å². The first-order valence-corrected chi connectivity index (χ1v) is 6.87. The van der Waals surface area contributed by atoms with E-state index in [2.05, 4.69) is 20.2 Å². The Morgan fingerprint density at radius 3 is 2.58 bits per heavy atom. The molecule has 0 aliphatic heterocycles. The number of pyridine rings is 1. The summed E-state index contributed by atoms with van der Waals surface area (Å²) in [5.41, 5.74) is 3.05. The van der Waals surface area contributed by atoms with Crippen molar-refractivity contribution < 1.29 is 8.42 Å². The lowest BCUT2D eigenvalue weighted by molar-refractivity contribution is 0.600. The maximum atomic E-state index is 12.1. The van der Waals surface area contributed by atoms with Crippen LogP contribution >= 0.6 is 0 Å². The van der Waals surface area contributed by atoms with Crippen LogP contribution in [0.2, 0.25) is 0 Å². The second kappa shape index (κ2) is 4.86. The molecule has 0 fully saturated rings. The summed E-state index contributed by atoms with van der Waals surface area (Å²) >= 11 is 0. The topological polar surface area (TPSA) is 115 Å². The molecule has 8 nitrogen and oxygen atoms in total. The lowest BCUT2D eigenvalue weighted by atomic mass is 10.5. The molecular weight excluding hydrogens is 268 g/mol. The molecule has 0 saturated heterocycles. The van der Waals surface area contributed by atoms with Crippen LogP contribution in [-0.4, -0.2) is 23.2 Å². The predicted molar refractivity (Wildman–Crippen MR) is 70.8 cm³/mol. The van der Waals surface area contributed by atoms with Crippen LogP contribution in [0.5, 0.6) is 0 Å². The maximum absolute atomic E-state index is 12.1. The lowest BCUT2D eigenvalue weighted by Crippen LogP contribution is -2.16. The number of hydrazine groups is 1. The second-order valence-electron chi connectivity index (χ2n) is 3.92. The van der Waals surface area contributed by atoms with Crippen LogP contribution in [-0.2, 0) is 17.1 Å². The molecule has 2 aromatic rings. The van der Waals surface area contributed by atoms with Gasteiger partial charge in [-0.25, -0.2) is 19.2 Å². The summed E-state index contributed by atoms with van der Waals surface area (Å²) in [6, 6.07) is 4.53. The van der Waals surface area contributed by atoms with Crippen LogP contribution in [0, 0.1) is 6.92 Å². The van der Waals surface area contributed by atoms with Crippen molar-refractivity contribution in [2.75, 3.05) is 10.1 Å². The van der Waals surface area contributed by atoms with Crippen LogP contribution in [0.3, 0.4) is 0 Å². The van der Waals surface area contributed by atoms with Gasteiger partial charge in [0.1, 0.15) is 16.5 Å². The summed E-state index contributed by atoms with van der Waals surface area (Å²) in [5.74, 6) is 5.94. The van der Waals surface area contributed by atoms with Crippen molar-refractivity contribution >= 4 is 21.7 Å². The highest BCUT2D eigenvalue weighted by Gasteiger charge is 2.16. The Hall–Kier alpha value is -2.13. The third kappa shape index (κ3) is 2.83. The zero-order valence-electron chi connectivity index (χ0n) is 10.5. The SMILES string of the molecule is Cc1cc(NS(=O)(=O)c2ccc(NN)nc2)n(C)n1. The highest BCUT2D eigenvalue weighted by atomic mass is 32.2. The molecule has 0 bridgehead atoms. The lowest BCUT2D eigenvalue weighted by Gasteiger charge is -2.08. The van der Waals surface area contributed by atoms with Gasteiger partial charge in [0, 0.05) is 19.3 Å². The number of hydrogen-bond donors (Lipinski definition) is 3. The molecule has 0 spiro atoms. The van der Waals surface area contributed by atoms with Crippen molar-refractivity contribution in [3.05, 3.63) is 30.1 Å². The first kappa shape index (κ1) is 13.3. The fraction of sp³-hybridized carbons (Fsp3) is 0.200. The van der Waals surface area contributed by atoms with E-state index in [4.69, 9.17) is 5.84 Å². The normalized spacial score (nSPS) is 11.3. The molecule has 2 aromatic heterocycles. The van der Waals surface area contributed by atoms with Crippen molar-refractivity contribution in [1.29, 1.82) is 0 Å². The Bertz CT molecular complexity index is 677. The highest BCUT2D eigenvalue weighted by Crippen LogP contribution is 2.16. The fourth-order valence-electron chi connectivity index (χ4n) is 1.53. The first-order chi connectivity index (χ1) is 8.92. The van der Waals surface area contributed by atoms with E-state index < -0.39 is 10.0 Å². The van der Waals surface area contributed by atoms with Gasteiger partial charge in [0.05, 0.1) is 5.69 Å². The third-order valence-electron chi connectivity index (χ3n) is 2.44. The number of aryl methyl sites for hydroxylation is 2. The third-order valence-corrected chi connectivity index (χ3v) is 3.78. The van der Waals surface area contributed by atoms with Crippen LogP contribution in [0.4, 0.5) is 11.6 Å². The van der Waals surface area contributed by atoms with E-state index in [0.29, 0.717) is 11.6 Å². The Kier molecular flexibility index (Phi) is 3.40. The fourth-order valence-corrected chi connectivity index (χ4v) is 2.55. The summed E-state index contributed by atoms with van der Waals surface area (Å²) in [5, 5.41) is 4.06. The smallest absolute Gasteiger partial charge is 0.264 e. The van der Waals surface area contributed by atoms with Gasteiger partial charge in [0.15, 0.2) is 0 Å².